The van der Waals surface area contributed by atoms with Gasteiger partial charge >= 0.3 is 5.97 Å². The Kier molecular flexibility index (Phi) is 5.73. The number of nitrogens with one attached hydrogen (secondary N) is 1. The van der Waals surface area contributed by atoms with Crippen LogP contribution < -0.4 is 10.1 Å². The minimum atomic E-state index is -0.932. The third-order valence-electron chi connectivity index (χ3n) is 3.68. The quantitative estimate of drug-likeness (QED) is 0.790. The molecule has 2 rings (SSSR count). The van der Waals surface area contributed by atoms with Crippen LogP contribution in [0.15, 0.2) is 24.3 Å². The Morgan fingerprint density at radius 1 is 1.38 bits per heavy atom. The molecule has 1 aromatic carbocycles. The van der Waals surface area contributed by atoms with Crippen LogP contribution >= 0.6 is 0 Å². The molecule has 8 heteroatoms. The molecule has 0 bridgehead atoms. The molecule has 0 radical (unpaired) electrons. The molecular weight excluding hydrogens is 319 g/mol. The molecule has 1 heterocycles. The number of hydrogen-bond donors (Lipinski definition) is 1. The van der Waals surface area contributed by atoms with E-state index in [1.807, 2.05) is 0 Å². The van der Waals surface area contributed by atoms with Crippen molar-refractivity contribution >= 4 is 17.8 Å². The van der Waals surface area contributed by atoms with Crippen molar-refractivity contribution < 1.29 is 28.2 Å². The van der Waals surface area contributed by atoms with E-state index in [9.17, 15) is 18.8 Å². The first kappa shape index (κ1) is 17.7. The van der Waals surface area contributed by atoms with Gasteiger partial charge < -0.3 is 19.7 Å². The maximum absolute atomic E-state index is 12.9. The number of amides is 2. The largest absolute Gasteiger partial charge is 0.481 e. The van der Waals surface area contributed by atoms with Crippen molar-refractivity contribution in [2.45, 2.75) is 25.5 Å². The van der Waals surface area contributed by atoms with Gasteiger partial charge in [0.1, 0.15) is 17.6 Å². The van der Waals surface area contributed by atoms with E-state index in [0.29, 0.717) is 12.3 Å². The first-order chi connectivity index (χ1) is 11.4. The fourth-order valence-electron chi connectivity index (χ4n) is 2.42. The number of carbonyl (C=O) groups is 3. The first-order valence-electron chi connectivity index (χ1n) is 7.49. The summed E-state index contributed by atoms with van der Waals surface area (Å²) in [6.45, 7) is 2.10. The van der Waals surface area contributed by atoms with E-state index in [1.165, 1.54) is 43.2 Å². The predicted octanol–water partition coefficient (Wildman–Crippen LogP) is 0.483. The number of halogens is 1. The molecule has 1 aliphatic rings. The summed E-state index contributed by atoms with van der Waals surface area (Å²) in [7, 11) is 1.22. The van der Waals surface area contributed by atoms with Crippen LogP contribution in [0.1, 0.15) is 13.3 Å². The standard InChI is InChI=1S/C16H19FN2O5/c1-10(24-12-5-3-11(17)4-6-12)16(22)19-8-7-18-15(21)13(19)9-14(20)23-2/h3-6,10,13H,7-9H2,1-2H3,(H,18,21)/t10-,13+/m0/s1. The van der Waals surface area contributed by atoms with E-state index in [0.717, 1.165) is 0 Å². The Bertz CT molecular complexity index is 619. The van der Waals surface area contributed by atoms with Gasteiger partial charge in [0.25, 0.3) is 5.91 Å². The SMILES string of the molecule is COC(=O)C[C@@H]1C(=O)NCCN1C(=O)[C@H](C)Oc1ccc(F)cc1. The summed E-state index contributed by atoms with van der Waals surface area (Å²) in [5, 5.41) is 2.62. The Morgan fingerprint density at radius 3 is 2.67 bits per heavy atom. The lowest BCUT2D eigenvalue weighted by molar-refractivity contribution is -0.153. The van der Waals surface area contributed by atoms with Gasteiger partial charge in [0.15, 0.2) is 6.10 Å². The Labute approximate surface area is 138 Å². The third-order valence-corrected chi connectivity index (χ3v) is 3.68. The minimum absolute atomic E-state index is 0.225. The van der Waals surface area contributed by atoms with Gasteiger partial charge in [-0.3, -0.25) is 14.4 Å². The van der Waals surface area contributed by atoms with Gasteiger partial charge in [-0.25, -0.2) is 4.39 Å². The van der Waals surface area contributed by atoms with Gasteiger partial charge in [-0.1, -0.05) is 0 Å². The molecule has 0 saturated carbocycles. The number of ether oxygens (including phenoxy) is 2. The summed E-state index contributed by atoms with van der Waals surface area (Å²) in [6.07, 6.45) is -1.11. The number of rotatable bonds is 5. The highest BCUT2D eigenvalue weighted by Gasteiger charge is 2.37. The van der Waals surface area contributed by atoms with Crippen LogP contribution in [0.4, 0.5) is 4.39 Å². The number of hydrogen-bond acceptors (Lipinski definition) is 5. The van der Waals surface area contributed by atoms with Crippen LogP contribution in [0.3, 0.4) is 0 Å². The van der Waals surface area contributed by atoms with Crippen LogP contribution in [-0.2, 0) is 19.1 Å². The molecule has 24 heavy (non-hydrogen) atoms. The first-order valence-corrected chi connectivity index (χ1v) is 7.49. The zero-order valence-electron chi connectivity index (χ0n) is 13.5. The van der Waals surface area contributed by atoms with Crippen molar-refractivity contribution in [1.29, 1.82) is 0 Å². The molecule has 2 atom stereocenters. The fraction of sp³-hybridized carbons (Fsp3) is 0.438. The summed E-state index contributed by atoms with van der Waals surface area (Å²) in [6, 6.07) is 4.34. The summed E-state index contributed by atoms with van der Waals surface area (Å²) in [5.41, 5.74) is 0. The van der Waals surface area contributed by atoms with Crippen LogP contribution in [0.2, 0.25) is 0 Å². The molecule has 2 amide bonds. The highest BCUT2D eigenvalue weighted by atomic mass is 19.1. The maximum Gasteiger partial charge on any atom is 0.308 e. The van der Waals surface area contributed by atoms with Crippen LogP contribution in [0.25, 0.3) is 0 Å². The summed E-state index contributed by atoms with van der Waals surface area (Å²) in [4.78, 5) is 37.4. The van der Waals surface area contributed by atoms with Crippen molar-refractivity contribution in [1.82, 2.24) is 10.2 Å². The molecule has 1 aliphatic heterocycles. The highest BCUT2D eigenvalue weighted by Crippen LogP contribution is 2.17. The summed E-state index contributed by atoms with van der Waals surface area (Å²) >= 11 is 0. The molecule has 0 spiro atoms. The maximum atomic E-state index is 12.9. The Balaban J connectivity index is 2.07. The molecule has 0 unspecified atom stereocenters. The van der Waals surface area contributed by atoms with Crippen LogP contribution in [-0.4, -0.2) is 55.0 Å². The van der Waals surface area contributed by atoms with Crippen molar-refractivity contribution in [2.75, 3.05) is 20.2 Å². The molecule has 130 valence electrons. The predicted molar refractivity (Wildman–Crippen MR) is 81.6 cm³/mol. The van der Waals surface area contributed by atoms with Gasteiger partial charge in [-0.05, 0) is 31.2 Å². The van der Waals surface area contributed by atoms with E-state index in [2.05, 4.69) is 10.1 Å². The average Bonchev–Trinajstić information content (AvgIpc) is 2.57. The normalized spacial score (nSPS) is 18.5. The molecule has 7 nitrogen and oxygen atoms in total. The molecule has 1 fully saturated rings. The number of carbonyl (C=O) groups excluding carboxylic acids is 3. The lowest BCUT2D eigenvalue weighted by Gasteiger charge is -2.35. The second-order valence-electron chi connectivity index (χ2n) is 5.33. The average molecular weight is 338 g/mol. The van der Waals surface area contributed by atoms with E-state index in [-0.39, 0.29) is 13.0 Å². The van der Waals surface area contributed by atoms with Crippen LogP contribution in [0, 0.1) is 5.82 Å². The molecule has 1 aromatic rings. The second-order valence-corrected chi connectivity index (χ2v) is 5.33. The molecule has 1 N–H and O–H groups in total. The van der Waals surface area contributed by atoms with Crippen molar-refractivity contribution in [3.63, 3.8) is 0 Å². The van der Waals surface area contributed by atoms with Crippen LogP contribution in [0.5, 0.6) is 5.75 Å². The molecule has 0 aromatic heterocycles. The van der Waals surface area contributed by atoms with Gasteiger partial charge in [0.05, 0.1) is 13.5 Å². The number of nitrogens with zero attached hydrogens (tertiary/aromatic N) is 1. The van der Waals surface area contributed by atoms with E-state index >= 15 is 0 Å². The Hall–Kier alpha value is -2.64. The topological polar surface area (TPSA) is 84.9 Å². The summed E-state index contributed by atoms with van der Waals surface area (Å²) < 4.78 is 23.0. The van der Waals surface area contributed by atoms with Gasteiger partial charge in [0.2, 0.25) is 5.91 Å². The number of benzene rings is 1. The zero-order valence-corrected chi connectivity index (χ0v) is 13.5. The van der Waals surface area contributed by atoms with Crippen molar-refractivity contribution in [2.24, 2.45) is 0 Å². The molecule has 0 aliphatic carbocycles. The lowest BCUT2D eigenvalue weighted by Crippen LogP contribution is -2.60. The van der Waals surface area contributed by atoms with Crippen molar-refractivity contribution in [3.8, 4) is 5.75 Å². The van der Waals surface area contributed by atoms with Gasteiger partial charge in [-0.15, -0.1) is 0 Å². The highest BCUT2D eigenvalue weighted by molar-refractivity contribution is 5.93. The lowest BCUT2D eigenvalue weighted by atomic mass is 10.1. The fourth-order valence-corrected chi connectivity index (χ4v) is 2.42. The molecular formula is C16H19FN2O5. The Morgan fingerprint density at radius 2 is 2.04 bits per heavy atom. The van der Waals surface area contributed by atoms with E-state index in [4.69, 9.17) is 4.74 Å². The second kappa shape index (κ2) is 7.76. The van der Waals surface area contributed by atoms with Crippen molar-refractivity contribution in [3.05, 3.63) is 30.1 Å². The number of methoxy groups -OCH3 is 1. The summed E-state index contributed by atoms with van der Waals surface area (Å²) in [5.74, 6) is -1.49. The minimum Gasteiger partial charge on any atom is -0.481 e. The van der Waals surface area contributed by atoms with Gasteiger partial charge in [0, 0.05) is 13.1 Å². The smallest absolute Gasteiger partial charge is 0.308 e. The van der Waals surface area contributed by atoms with E-state index in [1.54, 1.807) is 0 Å². The van der Waals surface area contributed by atoms with Gasteiger partial charge in [-0.2, -0.15) is 0 Å². The number of piperazine rings is 1. The monoisotopic (exact) mass is 338 g/mol. The molecule has 1 saturated heterocycles. The number of esters is 1. The third kappa shape index (κ3) is 4.21. The van der Waals surface area contributed by atoms with E-state index < -0.39 is 35.7 Å². The zero-order chi connectivity index (χ0) is 17.7.